The van der Waals surface area contributed by atoms with Crippen LogP contribution in [0.5, 0.6) is 0 Å². The molecule has 86 heavy (non-hydrogen) atoms. The summed E-state index contributed by atoms with van der Waals surface area (Å²) in [6.45, 7) is 28.3. The summed E-state index contributed by atoms with van der Waals surface area (Å²) in [5.74, 6) is 1.96. The zero-order chi connectivity index (χ0) is 60.9. The van der Waals surface area contributed by atoms with E-state index in [1.807, 2.05) is 77.3 Å². The zero-order valence-corrected chi connectivity index (χ0v) is 54.1. The average molecular weight is 1160 g/mol. The SMILES string of the molecule is Cc1ccc(C(C)C)cc1.Cc1ccc2oc3ccccc3c2c1.Cc1ccc2sc3ccccc3c2c1.Cc1cccc(C(C)C)c1.Cc1cccc2oc3ccccc3c12.Cc1cccc2sc3ccccc3c12.Cc1ccccc1C(C)C. The van der Waals surface area contributed by atoms with Gasteiger partial charge in [-0.05, 0) is 160 Å². The molecule has 4 aromatic heterocycles. The molecule has 0 aliphatic rings. The van der Waals surface area contributed by atoms with E-state index in [0.717, 1.165) is 22.3 Å². The molecule has 0 bridgehead atoms. The highest BCUT2D eigenvalue weighted by Gasteiger charge is 2.09. The maximum Gasteiger partial charge on any atom is 0.135 e. The summed E-state index contributed by atoms with van der Waals surface area (Å²) < 4.78 is 17.0. The van der Waals surface area contributed by atoms with Crippen molar-refractivity contribution in [3.63, 3.8) is 0 Å². The predicted molar refractivity (Wildman–Crippen MR) is 381 cm³/mol. The molecule has 0 unspecified atom stereocenters. The minimum absolute atomic E-state index is 0.653. The summed E-state index contributed by atoms with van der Waals surface area (Å²) in [4.78, 5) is 0. The maximum atomic E-state index is 5.73. The van der Waals surface area contributed by atoms with Crippen molar-refractivity contribution in [2.45, 2.75) is 108 Å². The van der Waals surface area contributed by atoms with Crippen molar-refractivity contribution in [1.29, 1.82) is 0 Å². The van der Waals surface area contributed by atoms with Crippen molar-refractivity contribution < 1.29 is 8.83 Å². The standard InChI is InChI=1S/2C13H10O.2C13H10S.3C10H14/c1-9-5-4-8-12-13(9)10-6-2-3-7-11(10)14-12;1-9-6-7-13-11(8-9)10-4-2-3-5-12(10)14-13;1-9-5-4-8-12-13(9)10-6-2-3-7-11(10)14-12;1-9-6-7-13-11(8-9)10-4-2-3-5-12(10)14-13;1-8(2)10-6-4-9(3)5-7-10;1-8(2)10-6-4-5-9(3)7-10;1-8(2)10-7-5-4-6-9(10)3/h4*2-8H,1H3;3*4-8H,1-3H3. The first-order valence-corrected chi connectivity index (χ1v) is 31.8. The van der Waals surface area contributed by atoms with Gasteiger partial charge in [0.05, 0.1) is 0 Å². The highest BCUT2D eigenvalue weighted by molar-refractivity contribution is 7.26. The van der Waals surface area contributed by atoms with Crippen LogP contribution < -0.4 is 0 Å². The molecule has 15 aromatic rings. The van der Waals surface area contributed by atoms with E-state index in [1.165, 1.54) is 118 Å². The summed E-state index contributed by atoms with van der Waals surface area (Å²) in [7, 11) is 0. The van der Waals surface area contributed by atoms with Gasteiger partial charge < -0.3 is 8.83 Å². The van der Waals surface area contributed by atoms with Gasteiger partial charge in [0.2, 0.25) is 0 Å². The van der Waals surface area contributed by atoms with Gasteiger partial charge >= 0.3 is 0 Å². The van der Waals surface area contributed by atoms with Crippen molar-refractivity contribution in [3.8, 4) is 0 Å². The summed E-state index contributed by atoms with van der Waals surface area (Å²) >= 11 is 3.75. The lowest BCUT2D eigenvalue weighted by atomic mass is 9.99. The summed E-state index contributed by atoms with van der Waals surface area (Å²) in [5.41, 5.74) is 17.5. The van der Waals surface area contributed by atoms with Crippen LogP contribution in [0.25, 0.3) is 84.2 Å². The Morgan fingerprint density at radius 3 is 1.34 bits per heavy atom. The fourth-order valence-corrected chi connectivity index (χ4v) is 13.1. The van der Waals surface area contributed by atoms with E-state index in [9.17, 15) is 0 Å². The van der Waals surface area contributed by atoms with Crippen molar-refractivity contribution in [2.24, 2.45) is 0 Å². The van der Waals surface area contributed by atoms with Gasteiger partial charge in [-0.25, -0.2) is 0 Å². The minimum Gasteiger partial charge on any atom is -0.456 e. The average Bonchev–Trinajstić information content (AvgIpc) is 2.13. The zero-order valence-electron chi connectivity index (χ0n) is 52.5. The molecule has 4 heterocycles. The Morgan fingerprint density at radius 2 is 0.698 bits per heavy atom. The third-order valence-corrected chi connectivity index (χ3v) is 17.8. The van der Waals surface area contributed by atoms with Crippen LogP contribution in [0, 0.1) is 48.5 Å². The van der Waals surface area contributed by atoms with Gasteiger partial charge in [0.25, 0.3) is 0 Å². The molecule has 15 rings (SSSR count). The highest BCUT2D eigenvalue weighted by atomic mass is 32.1. The van der Waals surface area contributed by atoms with Gasteiger partial charge in [-0.2, -0.15) is 0 Å². The first kappa shape index (κ1) is 62.0. The van der Waals surface area contributed by atoms with Crippen LogP contribution >= 0.6 is 22.7 Å². The van der Waals surface area contributed by atoms with Crippen molar-refractivity contribution in [3.05, 3.63) is 298 Å². The maximum absolute atomic E-state index is 5.73. The Balaban J connectivity index is 0.000000121. The van der Waals surface area contributed by atoms with E-state index in [-0.39, 0.29) is 0 Å². The molecule has 0 radical (unpaired) electrons. The highest BCUT2D eigenvalue weighted by Crippen LogP contribution is 2.37. The van der Waals surface area contributed by atoms with Gasteiger partial charge in [0.15, 0.2) is 0 Å². The lowest BCUT2D eigenvalue weighted by Gasteiger charge is -2.07. The second-order valence-corrected chi connectivity index (χ2v) is 25.6. The summed E-state index contributed by atoms with van der Waals surface area (Å²) in [6.07, 6.45) is 0. The number of hydrogen-bond acceptors (Lipinski definition) is 4. The topological polar surface area (TPSA) is 26.3 Å². The molecule has 11 aromatic carbocycles. The van der Waals surface area contributed by atoms with Gasteiger partial charge in [-0.1, -0.05) is 246 Å². The third-order valence-electron chi connectivity index (χ3n) is 15.5. The monoisotopic (exact) mass is 1160 g/mol. The van der Waals surface area contributed by atoms with Crippen LogP contribution in [0.2, 0.25) is 0 Å². The molecule has 4 heteroatoms. The molecule has 0 amide bonds. The largest absolute Gasteiger partial charge is 0.456 e. The normalized spacial score (nSPS) is 10.9. The number of furan rings is 2. The molecule has 434 valence electrons. The number of benzene rings is 11. The molecular formula is C82H82O2S2. The first-order valence-electron chi connectivity index (χ1n) is 30.2. The van der Waals surface area contributed by atoms with Crippen molar-refractivity contribution in [2.75, 3.05) is 0 Å². The fraction of sp³-hybridized carbons (Fsp3) is 0.195. The Kier molecular flexibility index (Phi) is 20.9. The fourth-order valence-electron chi connectivity index (χ4n) is 10.8. The van der Waals surface area contributed by atoms with E-state index in [0.29, 0.717) is 17.8 Å². The van der Waals surface area contributed by atoms with Crippen LogP contribution in [0.15, 0.2) is 251 Å². The Labute approximate surface area is 518 Å². The lowest BCUT2D eigenvalue weighted by Crippen LogP contribution is -1.89. The third kappa shape index (κ3) is 15.5. The van der Waals surface area contributed by atoms with Crippen LogP contribution in [0.1, 0.15) is 115 Å². The van der Waals surface area contributed by atoms with Gasteiger partial charge in [0, 0.05) is 61.9 Å². The van der Waals surface area contributed by atoms with Crippen LogP contribution in [-0.4, -0.2) is 0 Å². The number of thiophene rings is 2. The molecule has 0 aliphatic carbocycles. The van der Waals surface area contributed by atoms with Crippen molar-refractivity contribution in [1.82, 2.24) is 0 Å². The van der Waals surface area contributed by atoms with Crippen LogP contribution in [-0.2, 0) is 0 Å². The molecular weight excluding hydrogens is 1080 g/mol. The number of rotatable bonds is 3. The predicted octanol–water partition coefficient (Wildman–Crippen LogP) is 25.9. The van der Waals surface area contributed by atoms with Crippen LogP contribution in [0.3, 0.4) is 0 Å². The first-order chi connectivity index (χ1) is 41.5. The Morgan fingerprint density at radius 1 is 0.256 bits per heavy atom. The van der Waals surface area contributed by atoms with Gasteiger partial charge in [0.1, 0.15) is 22.3 Å². The molecule has 0 aliphatic heterocycles. The number of aryl methyl sites for hydroxylation is 7. The van der Waals surface area contributed by atoms with E-state index in [4.69, 9.17) is 8.83 Å². The number of para-hydroxylation sites is 2. The molecule has 0 atom stereocenters. The minimum atomic E-state index is 0.653. The summed E-state index contributed by atoms with van der Waals surface area (Å²) in [6, 6.07) is 85.1. The van der Waals surface area contributed by atoms with Gasteiger partial charge in [-0.3, -0.25) is 0 Å². The Hall–Kier alpha value is -8.54. The Bertz CT molecular complexity index is 4430. The van der Waals surface area contributed by atoms with E-state index < -0.39 is 0 Å². The molecule has 0 spiro atoms. The number of hydrogen-bond donors (Lipinski definition) is 0. The van der Waals surface area contributed by atoms with E-state index in [1.54, 1.807) is 0 Å². The molecule has 0 saturated carbocycles. The quantitative estimate of drug-likeness (QED) is 0.176. The van der Waals surface area contributed by atoms with E-state index in [2.05, 4.69) is 278 Å². The van der Waals surface area contributed by atoms with Crippen molar-refractivity contribution >= 4 is 107 Å². The lowest BCUT2D eigenvalue weighted by molar-refractivity contribution is 0.668. The molecule has 2 nitrogen and oxygen atoms in total. The van der Waals surface area contributed by atoms with E-state index >= 15 is 0 Å². The smallest absolute Gasteiger partial charge is 0.135 e. The number of fused-ring (bicyclic) bond motifs is 12. The molecule has 0 fully saturated rings. The molecule has 0 N–H and O–H groups in total. The second kappa shape index (κ2) is 29.0. The summed E-state index contributed by atoms with van der Waals surface area (Å²) in [5, 5.41) is 10.5. The van der Waals surface area contributed by atoms with Gasteiger partial charge in [-0.15, -0.1) is 22.7 Å². The van der Waals surface area contributed by atoms with Crippen LogP contribution in [0.4, 0.5) is 0 Å². The second-order valence-electron chi connectivity index (χ2n) is 23.4. The molecule has 0 saturated heterocycles.